The molecule has 24 heavy (non-hydrogen) atoms. The summed E-state index contributed by atoms with van der Waals surface area (Å²) in [6.45, 7) is 3.79. The summed E-state index contributed by atoms with van der Waals surface area (Å²) in [6.07, 6.45) is 0.771. The third-order valence-electron chi connectivity index (χ3n) is 3.74. The standard InChI is InChI=1S/C19H21ClN2O2/c1-19(2,12-14-4-3-5-15(20)10-14)18(24)22-16-8-6-13(7-9-16)11-17(21)23/h3-10H,11-12H2,1-2H3,(H2,21,23)(H,22,24). The lowest BCUT2D eigenvalue weighted by Gasteiger charge is -2.24. The maximum absolute atomic E-state index is 12.6. The summed E-state index contributed by atoms with van der Waals surface area (Å²) in [6, 6.07) is 14.6. The van der Waals surface area contributed by atoms with Crippen LogP contribution in [0.1, 0.15) is 25.0 Å². The van der Waals surface area contributed by atoms with Crippen LogP contribution in [-0.2, 0) is 22.4 Å². The fourth-order valence-corrected chi connectivity index (χ4v) is 2.66. The number of nitrogens with one attached hydrogen (secondary N) is 1. The highest BCUT2D eigenvalue weighted by Gasteiger charge is 2.28. The first kappa shape index (κ1) is 18.0. The Hall–Kier alpha value is -2.33. The fourth-order valence-electron chi connectivity index (χ4n) is 2.44. The summed E-state index contributed by atoms with van der Waals surface area (Å²) in [7, 11) is 0. The van der Waals surface area contributed by atoms with Crippen LogP contribution in [0.15, 0.2) is 48.5 Å². The first-order valence-corrected chi connectivity index (χ1v) is 8.07. The molecule has 126 valence electrons. The number of primary amides is 1. The van der Waals surface area contributed by atoms with Gasteiger partial charge < -0.3 is 11.1 Å². The maximum Gasteiger partial charge on any atom is 0.230 e. The summed E-state index contributed by atoms with van der Waals surface area (Å²) >= 11 is 6.00. The third-order valence-corrected chi connectivity index (χ3v) is 3.98. The first-order chi connectivity index (χ1) is 11.3. The van der Waals surface area contributed by atoms with Crippen LogP contribution in [0, 0.1) is 5.41 Å². The van der Waals surface area contributed by atoms with E-state index in [0.717, 1.165) is 11.1 Å². The molecule has 0 saturated carbocycles. The van der Waals surface area contributed by atoms with Gasteiger partial charge in [-0.05, 0) is 41.8 Å². The van der Waals surface area contributed by atoms with Crippen molar-refractivity contribution in [2.24, 2.45) is 11.1 Å². The lowest BCUT2D eigenvalue weighted by atomic mass is 9.84. The van der Waals surface area contributed by atoms with E-state index in [4.69, 9.17) is 17.3 Å². The van der Waals surface area contributed by atoms with Gasteiger partial charge in [0.25, 0.3) is 0 Å². The Kier molecular flexibility index (Phi) is 5.62. The van der Waals surface area contributed by atoms with Crippen LogP contribution in [0.4, 0.5) is 5.69 Å². The van der Waals surface area contributed by atoms with Crippen molar-refractivity contribution in [2.75, 3.05) is 5.32 Å². The number of nitrogens with two attached hydrogens (primary N) is 1. The van der Waals surface area contributed by atoms with Gasteiger partial charge in [-0.2, -0.15) is 0 Å². The molecule has 0 radical (unpaired) electrons. The number of hydrogen-bond acceptors (Lipinski definition) is 2. The first-order valence-electron chi connectivity index (χ1n) is 7.69. The van der Waals surface area contributed by atoms with Crippen molar-refractivity contribution in [1.29, 1.82) is 0 Å². The predicted molar refractivity (Wildman–Crippen MR) is 96.9 cm³/mol. The molecule has 3 N–H and O–H groups in total. The van der Waals surface area contributed by atoms with Crippen molar-refractivity contribution in [1.82, 2.24) is 0 Å². The molecule has 0 heterocycles. The van der Waals surface area contributed by atoms with Crippen molar-refractivity contribution in [3.8, 4) is 0 Å². The molecule has 0 saturated heterocycles. The molecule has 4 nitrogen and oxygen atoms in total. The largest absolute Gasteiger partial charge is 0.369 e. The molecule has 0 aromatic heterocycles. The summed E-state index contributed by atoms with van der Waals surface area (Å²) in [4.78, 5) is 23.5. The highest BCUT2D eigenvalue weighted by atomic mass is 35.5. The maximum atomic E-state index is 12.6. The van der Waals surface area contributed by atoms with Crippen LogP contribution in [0.2, 0.25) is 5.02 Å². The van der Waals surface area contributed by atoms with Crippen LogP contribution in [0.5, 0.6) is 0 Å². The monoisotopic (exact) mass is 344 g/mol. The van der Waals surface area contributed by atoms with Gasteiger partial charge in [-0.15, -0.1) is 0 Å². The predicted octanol–water partition coefficient (Wildman–Crippen LogP) is 3.58. The highest BCUT2D eigenvalue weighted by molar-refractivity contribution is 6.30. The highest BCUT2D eigenvalue weighted by Crippen LogP contribution is 2.25. The summed E-state index contributed by atoms with van der Waals surface area (Å²) in [5.74, 6) is -0.459. The van der Waals surface area contributed by atoms with E-state index in [9.17, 15) is 9.59 Å². The van der Waals surface area contributed by atoms with E-state index < -0.39 is 5.41 Å². The van der Waals surface area contributed by atoms with Crippen molar-refractivity contribution < 1.29 is 9.59 Å². The number of halogens is 1. The molecule has 0 aliphatic heterocycles. The Morgan fingerprint density at radius 2 is 1.75 bits per heavy atom. The minimum Gasteiger partial charge on any atom is -0.369 e. The second-order valence-electron chi connectivity index (χ2n) is 6.48. The normalized spacial score (nSPS) is 11.1. The SMILES string of the molecule is CC(C)(Cc1cccc(Cl)c1)C(=O)Nc1ccc(CC(N)=O)cc1. The molecule has 0 atom stereocenters. The van der Waals surface area contributed by atoms with Gasteiger partial charge in [0.05, 0.1) is 6.42 Å². The Morgan fingerprint density at radius 1 is 1.08 bits per heavy atom. The van der Waals surface area contributed by atoms with Gasteiger partial charge in [0.2, 0.25) is 11.8 Å². The van der Waals surface area contributed by atoms with Crippen molar-refractivity contribution in [2.45, 2.75) is 26.7 Å². The van der Waals surface area contributed by atoms with E-state index in [1.165, 1.54) is 0 Å². The van der Waals surface area contributed by atoms with Crippen LogP contribution < -0.4 is 11.1 Å². The van der Waals surface area contributed by atoms with E-state index in [0.29, 0.717) is 17.1 Å². The van der Waals surface area contributed by atoms with E-state index in [2.05, 4.69) is 5.32 Å². The summed E-state index contributed by atoms with van der Waals surface area (Å²) < 4.78 is 0. The molecule has 0 unspecified atom stereocenters. The van der Waals surface area contributed by atoms with Crippen molar-refractivity contribution in [3.05, 3.63) is 64.7 Å². The number of benzene rings is 2. The number of anilines is 1. The molecule has 2 aromatic rings. The smallest absolute Gasteiger partial charge is 0.230 e. The molecule has 2 amide bonds. The topological polar surface area (TPSA) is 72.2 Å². The molecular formula is C19H21ClN2O2. The van der Waals surface area contributed by atoms with Crippen molar-refractivity contribution in [3.63, 3.8) is 0 Å². The van der Waals surface area contributed by atoms with Crippen LogP contribution in [0.25, 0.3) is 0 Å². The van der Waals surface area contributed by atoms with E-state index in [-0.39, 0.29) is 18.2 Å². The summed E-state index contributed by atoms with van der Waals surface area (Å²) in [5.41, 5.74) is 7.10. The minimum atomic E-state index is -0.587. The van der Waals surface area contributed by atoms with Gasteiger partial charge in [0, 0.05) is 16.1 Å². The number of amides is 2. The lowest BCUT2D eigenvalue weighted by molar-refractivity contribution is -0.124. The van der Waals surface area contributed by atoms with Gasteiger partial charge in [0.1, 0.15) is 0 Å². The average Bonchev–Trinajstić information content (AvgIpc) is 2.48. The summed E-state index contributed by atoms with van der Waals surface area (Å²) in [5, 5.41) is 3.57. The zero-order valence-corrected chi connectivity index (χ0v) is 14.6. The van der Waals surface area contributed by atoms with Gasteiger partial charge >= 0.3 is 0 Å². The number of rotatable bonds is 6. The number of carbonyl (C=O) groups excluding carboxylic acids is 2. The Balaban J connectivity index is 2.03. The van der Waals surface area contributed by atoms with E-state index >= 15 is 0 Å². The molecule has 2 aromatic carbocycles. The Labute approximate surface area is 147 Å². The molecule has 0 bridgehead atoms. The molecule has 2 rings (SSSR count). The van der Waals surface area contributed by atoms with Gasteiger partial charge in [-0.25, -0.2) is 0 Å². The quantitative estimate of drug-likeness (QED) is 0.840. The van der Waals surface area contributed by atoms with Gasteiger partial charge in [-0.1, -0.05) is 49.7 Å². The second kappa shape index (κ2) is 7.49. The molecule has 0 aliphatic carbocycles. The second-order valence-corrected chi connectivity index (χ2v) is 6.92. The van der Waals surface area contributed by atoms with Crippen LogP contribution in [0.3, 0.4) is 0 Å². The minimum absolute atomic E-state index is 0.0786. The van der Waals surface area contributed by atoms with Crippen LogP contribution >= 0.6 is 11.6 Å². The molecular weight excluding hydrogens is 324 g/mol. The number of hydrogen-bond donors (Lipinski definition) is 2. The lowest BCUT2D eigenvalue weighted by Crippen LogP contribution is -2.32. The molecule has 0 aliphatic rings. The molecule has 0 fully saturated rings. The average molecular weight is 345 g/mol. The molecule has 5 heteroatoms. The Bertz CT molecular complexity index is 739. The third kappa shape index (κ3) is 5.10. The fraction of sp³-hybridized carbons (Fsp3) is 0.263. The van der Waals surface area contributed by atoms with Crippen LogP contribution in [-0.4, -0.2) is 11.8 Å². The Morgan fingerprint density at radius 3 is 2.33 bits per heavy atom. The van der Waals surface area contributed by atoms with Gasteiger partial charge in [0.15, 0.2) is 0 Å². The number of carbonyl (C=O) groups is 2. The molecule has 0 spiro atoms. The van der Waals surface area contributed by atoms with E-state index in [1.807, 2.05) is 38.1 Å². The van der Waals surface area contributed by atoms with Crippen molar-refractivity contribution >= 4 is 29.1 Å². The van der Waals surface area contributed by atoms with E-state index in [1.54, 1.807) is 24.3 Å². The zero-order chi connectivity index (χ0) is 17.7. The zero-order valence-electron chi connectivity index (χ0n) is 13.8. The van der Waals surface area contributed by atoms with Gasteiger partial charge in [-0.3, -0.25) is 9.59 Å².